The largest absolute Gasteiger partial charge is 0.480 e. The van der Waals surface area contributed by atoms with E-state index in [1.807, 2.05) is 12.1 Å². The molecule has 4 bridgehead atoms. The number of carbonyl (C=O) groups is 1. The van der Waals surface area contributed by atoms with Gasteiger partial charge in [-0.25, -0.2) is 0 Å². The second kappa shape index (κ2) is 9.62. The molecule has 0 aromatic heterocycles. The molecule has 2 aliphatic heterocycles. The zero-order chi connectivity index (χ0) is 22.1. The van der Waals surface area contributed by atoms with Gasteiger partial charge in [0.05, 0.1) is 11.4 Å². The maximum Gasteiger partial charge on any atom is 0.322 e. The van der Waals surface area contributed by atoms with Crippen LogP contribution in [0.1, 0.15) is 77.0 Å². The van der Waals surface area contributed by atoms with Gasteiger partial charge in [-0.2, -0.15) is 0 Å². The predicted octanol–water partition coefficient (Wildman–Crippen LogP) is 5.36. The Morgan fingerprint density at radius 3 is 2.25 bits per heavy atom. The number of para-hydroxylation sites is 2. The Hall–Kier alpha value is -1.75. The highest BCUT2D eigenvalue weighted by Crippen LogP contribution is 2.46. The normalized spacial score (nSPS) is 35.0. The number of carboxylic acids is 1. The lowest BCUT2D eigenvalue weighted by molar-refractivity contribution is -0.134. The Labute approximate surface area is 193 Å². The molecule has 4 unspecified atom stereocenters. The van der Waals surface area contributed by atoms with Crippen LogP contribution >= 0.6 is 0 Å². The van der Waals surface area contributed by atoms with Crippen LogP contribution < -0.4 is 10.2 Å². The zero-order valence-electron chi connectivity index (χ0n) is 19.7. The van der Waals surface area contributed by atoms with Crippen LogP contribution in [0.25, 0.3) is 0 Å². The van der Waals surface area contributed by atoms with Gasteiger partial charge in [-0.15, -0.1) is 0 Å². The predicted molar refractivity (Wildman–Crippen MR) is 130 cm³/mol. The first-order valence-electron chi connectivity index (χ1n) is 13.1. The van der Waals surface area contributed by atoms with Crippen LogP contribution in [-0.2, 0) is 4.79 Å². The minimum atomic E-state index is -0.820. The number of fused-ring (bicyclic) bond motifs is 4. The number of nitrogens with zero attached hydrogens (tertiary/aromatic N) is 2. The lowest BCUT2D eigenvalue weighted by Crippen LogP contribution is -2.58. The summed E-state index contributed by atoms with van der Waals surface area (Å²) in [7, 11) is 2.22. The lowest BCUT2D eigenvalue weighted by atomic mass is 9.69. The van der Waals surface area contributed by atoms with Gasteiger partial charge in [0, 0.05) is 31.2 Å². The minimum Gasteiger partial charge on any atom is -0.480 e. The standard InChI is InChI=1S/C27H41N3O2/c1-29(26-12-5-4-11-25(26)28-18-27(31)32)23-16-21-9-2-3-10-22(17-23)30(21)24-14-19-7-6-8-20(13-19)15-24/h4-5,11-12,19-24,28H,2-3,6-10,13-18H2,1H3,(H,31,32). The third-order valence-corrected chi connectivity index (χ3v) is 9.04. The van der Waals surface area contributed by atoms with Gasteiger partial charge in [0.2, 0.25) is 0 Å². The first kappa shape index (κ1) is 22.1. The molecule has 2 aliphatic carbocycles. The van der Waals surface area contributed by atoms with Crippen molar-refractivity contribution in [3.63, 3.8) is 0 Å². The molecule has 0 radical (unpaired) electrons. The van der Waals surface area contributed by atoms with Gasteiger partial charge in [-0.1, -0.05) is 44.2 Å². The van der Waals surface area contributed by atoms with Gasteiger partial charge in [0.25, 0.3) is 0 Å². The zero-order valence-corrected chi connectivity index (χ0v) is 19.7. The summed E-state index contributed by atoms with van der Waals surface area (Å²) in [4.78, 5) is 16.6. The number of hydrogen-bond donors (Lipinski definition) is 2. The van der Waals surface area contributed by atoms with Gasteiger partial charge in [-0.05, 0) is 68.9 Å². The fourth-order valence-corrected chi connectivity index (χ4v) is 7.71. The Morgan fingerprint density at radius 1 is 0.938 bits per heavy atom. The molecule has 4 fully saturated rings. The monoisotopic (exact) mass is 439 g/mol. The quantitative estimate of drug-likeness (QED) is 0.625. The lowest BCUT2D eigenvalue weighted by Gasteiger charge is -2.53. The fraction of sp³-hybridized carbons (Fsp3) is 0.741. The topological polar surface area (TPSA) is 55.8 Å². The summed E-state index contributed by atoms with van der Waals surface area (Å²) in [6, 6.07) is 11.0. The maximum absolute atomic E-state index is 11.1. The molecule has 0 amide bonds. The summed E-state index contributed by atoms with van der Waals surface area (Å²) in [5.41, 5.74) is 2.07. The molecule has 5 nitrogen and oxygen atoms in total. The van der Waals surface area contributed by atoms with Gasteiger partial charge < -0.3 is 15.3 Å². The number of hydrogen-bond acceptors (Lipinski definition) is 4. The second-order valence-electron chi connectivity index (χ2n) is 11.1. The van der Waals surface area contributed by atoms with E-state index in [1.54, 1.807) is 0 Å². The molecule has 32 heavy (non-hydrogen) atoms. The second-order valence-corrected chi connectivity index (χ2v) is 11.1. The van der Waals surface area contributed by atoms with Crippen LogP contribution in [0.2, 0.25) is 0 Å². The molecule has 5 heteroatoms. The molecule has 0 spiro atoms. The smallest absolute Gasteiger partial charge is 0.322 e. The van der Waals surface area contributed by atoms with Crippen LogP contribution in [0.5, 0.6) is 0 Å². The SMILES string of the molecule is CN(c1ccccc1NCC(=O)O)C1CC2CCCCC(C1)N2C1CC2CCCC(C2)C1. The Bertz CT molecular complexity index is 771. The molecular formula is C27H41N3O2. The van der Waals surface area contributed by atoms with Gasteiger partial charge in [0.15, 0.2) is 0 Å². The van der Waals surface area contributed by atoms with Gasteiger partial charge >= 0.3 is 5.97 Å². The summed E-state index contributed by atoms with van der Waals surface area (Å²) < 4.78 is 0. The van der Waals surface area contributed by atoms with Crippen molar-refractivity contribution >= 4 is 17.3 Å². The van der Waals surface area contributed by atoms with Crippen LogP contribution in [-0.4, -0.2) is 53.7 Å². The number of nitrogens with one attached hydrogen (secondary N) is 1. The van der Waals surface area contributed by atoms with E-state index >= 15 is 0 Å². The van der Waals surface area contributed by atoms with E-state index < -0.39 is 5.97 Å². The van der Waals surface area contributed by atoms with E-state index in [-0.39, 0.29) is 6.54 Å². The number of benzene rings is 1. The minimum absolute atomic E-state index is 0.0431. The fourth-order valence-electron chi connectivity index (χ4n) is 7.71. The molecule has 2 N–H and O–H groups in total. The molecule has 2 saturated carbocycles. The number of rotatable bonds is 6. The summed E-state index contributed by atoms with van der Waals surface area (Å²) in [6.07, 6.45) is 16.8. The first-order chi connectivity index (χ1) is 15.6. The summed E-state index contributed by atoms with van der Waals surface area (Å²) >= 11 is 0. The van der Waals surface area contributed by atoms with Crippen molar-refractivity contribution in [3.8, 4) is 0 Å². The summed E-state index contributed by atoms with van der Waals surface area (Å²) in [5.74, 6) is 1.16. The Kier molecular flexibility index (Phi) is 6.64. The molecule has 1 aromatic carbocycles. The third-order valence-electron chi connectivity index (χ3n) is 9.04. The average molecular weight is 440 g/mol. The van der Waals surface area contributed by atoms with Gasteiger partial charge in [0.1, 0.15) is 6.54 Å². The molecule has 2 saturated heterocycles. The Balaban J connectivity index is 1.33. The summed E-state index contributed by atoms with van der Waals surface area (Å²) in [5, 5.41) is 12.3. The molecular weight excluding hydrogens is 398 g/mol. The van der Waals surface area contributed by atoms with Crippen LogP contribution in [0.4, 0.5) is 11.4 Å². The van der Waals surface area contributed by atoms with E-state index in [9.17, 15) is 4.79 Å². The van der Waals surface area contributed by atoms with Crippen LogP contribution in [0, 0.1) is 11.8 Å². The van der Waals surface area contributed by atoms with Crippen molar-refractivity contribution < 1.29 is 9.90 Å². The molecule has 176 valence electrons. The molecule has 1 aromatic rings. The van der Waals surface area contributed by atoms with Crippen molar-refractivity contribution in [1.82, 2.24) is 4.90 Å². The van der Waals surface area contributed by atoms with Crippen molar-refractivity contribution in [3.05, 3.63) is 24.3 Å². The van der Waals surface area contributed by atoms with Crippen molar-refractivity contribution in [2.24, 2.45) is 11.8 Å². The highest BCUT2D eigenvalue weighted by Gasteiger charge is 2.44. The molecule has 2 heterocycles. The molecule has 4 aliphatic rings. The van der Waals surface area contributed by atoms with E-state index in [2.05, 4.69) is 34.3 Å². The Morgan fingerprint density at radius 2 is 1.59 bits per heavy atom. The first-order valence-corrected chi connectivity index (χ1v) is 13.1. The van der Waals surface area contributed by atoms with E-state index in [4.69, 9.17) is 5.11 Å². The summed E-state index contributed by atoms with van der Waals surface area (Å²) in [6.45, 7) is -0.0431. The number of aliphatic carboxylic acids is 1. The van der Waals surface area contributed by atoms with Crippen LogP contribution in [0.3, 0.4) is 0 Å². The number of carboxylic acid groups (broad SMARTS) is 1. The molecule has 4 atom stereocenters. The number of anilines is 2. The highest BCUT2D eigenvalue weighted by molar-refractivity contribution is 5.77. The van der Waals surface area contributed by atoms with E-state index in [1.165, 1.54) is 77.0 Å². The molecule has 5 rings (SSSR count). The van der Waals surface area contributed by atoms with Crippen molar-refractivity contribution in [2.45, 2.75) is 101 Å². The average Bonchev–Trinajstić information content (AvgIpc) is 2.92. The number of piperidine rings is 1. The van der Waals surface area contributed by atoms with Gasteiger partial charge in [-0.3, -0.25) is 9.69 Å². The maximum atomic E-state index is 11.1. The highest BCUT2D eigenvalue weighted by atomic mass is 16.4. The van der Waals surface area contributed by atoms with E-state index in [0.29, 0.717) is 18.1 Å². The van der Waals surface area contributed by atoms with E-state index in [0.717, 1.165) is 29.3 Å². The van der Waals surface area contributed by atoms with Crippen molar-refractivity contribution in [1.29, 1.82) is 0 Å². The van der Waals surface area contributed by atoms with Crippen LogP contribution in [0.15, 0.2) is 24.3 Å². The van der Waals surface area contributed by atoms with Crippen molar-refractivity contribution in [2.75, 3.05) is 23.8 Å². The third kappa shape index (κ3) is 4.64.